The van der Waals surface area contributed by atoms with Gasteiger partial charge in [-0.2, -0.15) is 0 Å². The number of hydrogen-bond acceptors (Lipinski definition) is 3. The lowest BCUT2D eigenvalue weighted by atomic mass is 9.77. The highest BCUT2D eigenvalue weighted by atomic mass is 16.5. The molecule has 0 aromatic heterocycles. The van der Waals surface area contributed by atoms with Gasteiger partial charge in [-0.25, -0.2) is 0 Å². The summed E-state index contributed by atoms with van der Waals surface area (Å²) >= 11 is 0. The number of hydrogen-bond donors (Lipinski definition) is 1. The second-order valence-corrected chi connectivity index (χ2v) is 6.05. The van der Waals surface area contributed by atoms with Crippen molar-refractivity contribution in [3.05, 3.63) is 59.7 Å². The van der Waals surface area contributed by atoms with Crippen LogP contribution in [-0.2, 0) is 4.74 Å². The monoisotopic (exact) mass is 295 g/mol. The van der Waals surface area contributed by atoms with Crippen LogP contribution in [0.4, 0.5) is 5.69 Å². The summed E-state index contributed by atoms with van der Waals surface area (Å²) in [7, 11) is 1.72. The molecule has 2 aromatic carbocycles. The van der Waals surface area contributed by atoms with Gasteiger partial charge in [0.15, 0.2) is 0 Å². The molecule has 0 spiro atoms. The molecule has 1 fully saturated rings. The van der Waals surface area contributed by atoms with Gasteiger partial charge >= 0.3 is 0 Å². The summed E-state index contributed by atoms with van der Waals surface area (Å²) < 4.78 is 11.7. The third-order valence-corrected chi connectivity index (χ3v) is 4.84. The molecule has 3 nitrogen and oxygen atoms in total. The van der Waals surface area contributed by atoms with Crippen molar-refractivity contribution in [3.8, 4) is 5.75 Å². The highest BCUT2D eigenvalue weighted by molar-refractivity contribution is 5.66. The first kappa shape index (κ1) is 13.6. The van der Waals surface area contributed by atoms with Crippen molar-refractivity contribution in [2.45, 2.75) is 25.0 Å². The number of nitrogens with one attached hydrogen (secondary N) is 1. The van der Waals surface area contributed by atoms with E-state index in [0.29, 0.717) is 5.92 Å². The molecule has 1 N–H and O–H groups in total. The van der Waals surface area contributed by atoms with Crippen molar-refractivity contribution in [2.24, 2.45) is 5.92 Å². The van der Waals surface area contributed by atoms with Crippen LogP contribution >= 0.6 is 0 Å². The first-order valence-electron chi connectivity index (χ1n) is 7.98. The second-order valence-electron chi connectivity index (χ2n) is 6.05. The van der Waals surface area contributed by atoms with Crippen LogP contribution in [0, 0.1) is 5.92 Å². The molecule has 2 heterocycles. The zero-order valence-electron chi connectivity index (χ0n) is 12.8. The van der Waals surface area contributed by atoms with Gasteiger partial charge < -0.3 is 14.8 Å². The van der Waals surface area contributed by atoms with Crippen LogP contribution in [0.5, 0.6) is 5.75 Å². The normalized spacial score (nSPS) is 26.5. The summed E-state index contributed by atoms with van der Waals surface area (Å²) in [5.41, 5.74) is 3.64. The fourth-order valence-corrected chi connectivity index (χ4v) is 3.83. The molecule has 1 saturated heterocycles. The van der Waals surface area contributed by atoms with Crippen LogP contribution in [0.2, 0.25) is 0 Å². The predicted octanol–water partition coefficient (Wildman–Crippen LogP) is 4.33. The van der Waals surface area contributed by atoms with Crippen LogP contribution in [0.3, 0.4) is 0 Å². The Labute approximate surface area is 131 Å². The Balaban J connectivity index is 1.81. The van der Waals surface area contributed by atoms with Crippen molar-refractivity contribution in [1.29, 1.82) is 0 Å². The molecular formula is C19H21NO2. The number of methoxy groups -OCH3 is 1. The summed E-state index contributed by atoms with van der Waals surface area (Å²) in [5.74, 6) is 1.36. The standard InChI is InChI=1S/C19H21NO2/c1-21-16-11-5-9-15-18(16)20-17(13-7-3-2-4-8-13)14-10-6-12-22-19(14)15/h2-5,7-9,11,14,17,19-20H,6,10,12H2,1H3/t14-,17+,19-/m0/s1. The zero-order valence-corrected chi connectivity index (χ0v) is 12.8. The van der Waals surface area contributed by atoms with E-state index < -0.39 is 0 Å². The Bertz CT molecular complexity index is 656. The molecule has 0 aliphatic carbocycles. The van der Waals surface area contributed by atoms with Gasteiger partial charge in [-0.1, -0.05) is 42.5 Å². The first-order valence-corrected chi connectivity index (χ1v) is 7.98. The van der Waals surface area contributed by atoms with Crippen molar-refractivity contribution in [3.63, 3.8) is 0 Å². The number of ether oxygens (including phenoxy) is 2. The molecule has 3 atom stereocenters. The van der Waals surface area contributed by atoms with Gasteiger partial charge in [0.05, 0.1) is 24.9 Å². The number of para-hydroxylation sites is 1. The Hall–Kier alpha value is -2.00. The van der Waals surface area contributed by atoms with Gasteiger partial charge in [0.25, 0.3) is 0 Å². The minimum Gasteiger partial charge on any atom is -0.495 e. The van der Waals surface area contributed by atoms with Gasteiger partial charge in [-0.15, -0.1) is 0 Å². The van der Waals surface area contributed by atoms with Crippen molar-refractivity contribution < 1.29 is 9.47 Å². The van der Waals surface area contributed by atoms with E-state index in [2.05, 4.69) is 47.8 Å². The Morgan fingerprint density at radius 2 is 1.95 bits per heavy atom. The van der Waals surface area contributed by atoms with Gasteiger partial charge in [0, 0.05) is 18.1 Å². The Morgan fingerprint density at radius 3 is 2.77 bits per heavy atom. The largest absolute Gasteiger partial charge is 0.495 e. The maximum atomic E-state index is 6.16. The summed E-state index contributed by atoms with van der Waals surface area (Å²) in [5, 5.41) is 3.73. The molecule has 3 heteroatoms. The number of rotatable bonds is 2. The van der Waals surface area contributed by atoms with E-state index in [1.165, 1.54) is 17.5 Å². The van der Waals surface area contributed by atoms with E-state index in [0.717, 1.165) is 24.5 Å². The maximum absolute atomic E-state index is 6.16. The molecule has 2 aliphatic rings. The topological polar surface area (TPSA) is 30.5 Å². The molecule has 0 saturated carbocycles. The second kappa shape index (κ2) is 5.65. The van der Waals surface area contributed by atoms with Gasteiger partial charge in [-0.05, 0) is 24.5 Å². The van der Waals surface area contributed by atoms with Crippen LogP contribution < -0.4 is 10.1 Å². The Kier molecular flexibility index (Phi) is 3.51. The molecule has 114 valence electrons. The smallest absolute Gasteiger partial charge is 0.142 e. The van der Waals surface area contributed by atoms with Crippen LogP contribution in [0.1, 0.15) is 36.1 Å². The van der Waals surface area contributed by atoms with Crippen LogP contribution in [-0.4, -0.2) is 13.7 Å². The lowest BCUT2D eigenvalue weighted by Gasteiger charge is -2.43. The van der Waals surface area contributed by atoms with E-state index in [1.54, 1.807) is 7.11 Å². The average molecular weight is 295 g/mol. The zero-order chi connectivity index (χ0) is 14.9. The van der Waals surface area contributed by atoms with Gasteiger partial charge in [0.1, 0.15) is 5.75 Å². The van der Waals surface area contributed by atoms with E-state index in [4.69, 9.17) is 9.47 Å². The van der Waals surface area contributed by atoms with E-state index in [-0.39, 0.29) is 12.1 Å². The highest BCUT2D eigenvalue weighted by Crippen LogP contribution is 2.51. The number of fused-ring (bicyclic) bond motifs is 3. The summed E-state index contributed by atoms with van der Waals surface area (Å²) in [6.45, 7) is 0.847. The van der Waals surface area contributed by atoms with Crippen molar-refractivity contribution in [1.82, 2.24) is 0 Å². The predicted molar refractivity (Wildman–Crippen MR) is 87.2 cm³/mol. The van der Waals surface area contributed by atoms with Gasteiger partial charge in [0.2, 0.25) is 0 Å². The van der Waals surface area contributed by atoms with Crippen LogP contribution in [0.15, 0.2) is 48.5 Å². The van der Waals surface area contributed by atoms with Crippen LogP contribution in [0.25, 0.3) is 0 Å². The first-order chi connectivity index (χ1) is 10.9. The minimum atomic E-state index is 0.158. The molecule has 2 aromatic rings. The average Bonchev–Trinajstić information content (AvgIpc) is 2.61. The minimum absolute atomic E-state index is 0.158. The fraction of sp³-hybridized carbons (Fsp3) is 0.368. The van der Waals surface area contributed by atoms with Crippen molar-refractivity contribution in [2.75, 3.05) is 19.0 Å². The summed E-state index contributed by atoms with van der Waals surface area (Å²) in [6, 6.07) is 17.2. The molecule has 22 heavy (non-hydrogen) atoms. The maximum Gasteiger partial charge on any atom is 0.142 e. The number of anilines is 1. The molecule has 0 amide bonds. The lowest BCUT2D eigenvalue weighted by Crippen LogP contribution is -2.36. The fourth-order valence-electron chi connectivity index (χ4n) is 3.83. The van der Waals surface area contributed by atoms with Crippen molar-refractivity contribution >= 4 is 5.69 Å². The summed E-state index contributed by atoms with van der Waals surface area (Å²) in [4.78, 5) is 0. The lowest BCUT2D eigenvalue weighted by molar-refractivity contribution is -0.0382. The highest BCUT2D eigenvalue weighted by Gasteiger charge is 2.40. The van der Waals surface area contributed by atoms with Gasteiger partial charge in [-0.3, -0.25) is 0 Å². The number of benzene rings is 2. The van der Waals surface area contributed by atoms with E-state index in [9.17, 15) is 0 Å². The Morgan fingerprint density at radius 1 is 1.09 bits per heavy atom. The molecule has 4 rings (SSSR count). The molecule has 0 radical (unpaired) electrons. The SMILES string of the molecule is COc1cccc2c1N[C@H](c1ccccc1)[C@@H]1CCCO[C@H]21. The van der Waals surface area contributed by atoms with E-state index >= 15 is 0 Å². The molecule has 0 bridgehead atoms. The third-order valence-electron chi connectivity index (χ3n) is 4.84. The summed E-state index contributed by atoms with van der Waals surface area (Å²) in [6.07, 6.45) is 2.48. The quantitative estimate of drug-likeness (QED) is 0.894. The third kappa shape index (κ3) is 2.17. The molecule has 0 unspecified atom stereocenters. The molecular weight excluding hydrogens is 274 g/mol. The van der Waals surface area contributed by atoms with E-state index in [1.807, 2.05) is 6.07 Å². The molecule has 2 aliphatic heterocycles.